The van der Waals surface area contributed by atoms with Crippen LogP contribution in [0.25, 0.3) is 0 Å². The molecule has 1 unspecified atom stereocenters. The molecule has 1 aromatic heterocycles. The first-order valence-electron chi connectivity index (χ1n) is 5.74. The summed E-state index contributed by atoms with van der Waals surface area (Å²) in [6.07, 6.45) is 3.43. The molecular formula is C12H11N4O3+. The average molecular weight is 259 g/mol. The molecule has 1 atom stereocenters. The molecule has 7 heteroatoms. The van der Waals surface area contributed by atoms with Gasteiger partial charge in [-0.2, -0.15) is 0 Å². The molecule has 96 valence electrons. The Morgan fingerprint density at radius 3 is 2.79 bits per heavy atom. The van der Waals surface area contributed by atoms with Crippen molar-refractivity contribution in [3.8, 4) is 0 Å². The van der Waals surface area contributed by atoms with Crippen LogP contribution in [0.4, 0.5) is 11.6 Å². The van der Waals surface area contributed by atoms with Crippen LogP contribution in [0.3, 0.4) is 0 Å². The molecule has 1 N–H and O–H groups in total. The molecule has 2 heterocycles. The smallest absolute Gasteiger partial charge is 0.258 e. The molecule has 0 bridgehead atoms. The van der Waals surface area contributed by atoms with Gasteiger partial charge in [-0.25, -0.2) is 9.77 Å². The molecule has 0 spiro atoms. The van der Waals surface area contributed by atoms with Gasteiger partial charge in [0.05, 0.1) is 11.1 Å². The van der Waals surface area contributed by atoms with E-state index in [1.807, 2.05) is 10.8 Å². The standard InChI is InChI=1S/C12H11N4O3/c17-15-11(8-14-7-1-6-13-12(14)15)9-2-4-10(5-3-9)16(18)19/h1-7,11,17H,8H2/q+1. The highest BCUT2D eigenvalue weighted by molar-refractivity contribution is 5.37. The van der Waals surface area contributed by atoms with E-state index in [4.69, 9.17) is 0 Å². The maximum absolute atomic E-state index is 10.6. The molecule has 3 rings (SSSR count). The molecule has 0 saturated carbocycles. The second-order valence-electron chi connectivity index (χ2n) is 4.28. The summed E-state index contributed by atoms with van der Waals surface area (Å²) in [5.41, 5.74) is 0.841. The summed E-state index contributed by atoms with van der Waals surface area (Å²) in [7, 11) is 0. The Kier molecular flexibility index (Phi) is 2.60. The van der Waals surface area contributed by atoms with Crippen molar-refractivity contribution in [3.05, 3.63) is 58.4 Å². The number of hydrogen-bond donors (Lipinski definition) is 1. The lowest BCUT2D eigenvalue weighted by Gasteiger charge is -2.11. The average Bonchev–Trinajstić information content (AvgIpc) is 2.77. The second kappa shape index (κ2) is 4.29. The maximum Gasteiger partial charge on any atom is 0.422 e. The fourth-order valence-electron chi connectivity index (χ4n) is 2.19. The van der Waals surface area contributed by atoms with E-state index in [-0.39, 0.29) is 11.7 Å². The predicted octanol–water partition coefficient (Wildman–Crippen LogP) is 1.23. The molecule has 1 aromatic carbocycles. The lowest BCUT2D eigenvalue weighted by atomic mass is 10.1. The van der Waals surface area contributed by atoms with Crippen molar-refractivity contribution in [1.82, 2.24) is 4.98 Å². The number of aromatic nitrogens is 2. The van der Waals surface area contributed by atoms with Crippen molar-refractivity contribution in [3.63, 3.8) is 0 Å². The van der Waals surface area contributed by atoms with Crippen LogP contribution in [0.5, 0.6) is 0 Å². The minimum Gasteiger partial charge on any atom is -0.258 e. The number of rotatable bonds is 2. The number of anilines is 1. The molecule has 0 amide bonds. The zero-order valence-electron chi connectivity index (χ0n) is 9.88. The summed E-state index contributed by atoms with van der Waals surface area (Å²) in [5.74, 6) is 0.464. The lowest BCUT2D eigenvalue weighted by molar-refractivity contribution is -0.677. The molecule has 2 aromatic rings. The van der Waals surface area contributed by atoms with E-state index >= 15 is 0 Å². The molecule has 1 aliphatic heterocycles. The predicted molar refractivity (Wildman–Crippen MR) is 64.5 cm³/mol. The van der Waals surface area contributed by atoms with Gasteiger partial charge in [-0.15, -0.1) is 5.06 Å². The summed E-state index contributed by atoms with van der Waals surface area (Å²) in [6.45, 7) is 0.553. The molecule has 19 heavy (non-hydrogen) atoms. The number of hydroxylamine groups is 1. The van der Waals surface area contributed by atoms with Crippen LogP contribution in [0.1, 0.15) is 11.6 Å². The van der Waals surface area contributed by atoms with Crippen LogP contribution in [-0.2, 0) is 6.54 Å². The Labute approximate surface area is 108 Å². The van der Waals surface area contributed by atoms with Gasteiger partial charge >= 0.3 is 5.95 Å². The number of nitro benzene ring substituents is 1. The summed E-state index contributed by atoms with van der Waals surface area (Å²) < 4.78 is 1.83. The van der Waals surface area contributed by atoms with Gasteiger partial charge in [-0.3, -0.25) is 10.1 Å². The Morgan fingerprint density at radius 1 is 1.42 bits per heavy atom. The topological polar surface area (TPSA) is 83.4 Å². The number of nitrogens with zero attached hydrogens (tertiary/aromatic N) is 4. The third-order valence-electron chi connectivity index (χ3n) is 3.16. The van der Waals surface area contributed by atoms with Gasteiger partial charge in [0.1, 0.15) is 12.7 Å². The van der Waals surface area contributed by atoms with E-state index in [0.29, 0.717) is 12.5 Å². The van der Waals surface area contributed by atoms with Crippen LogP contribution >= 0.6 is 0 Å². The molecule has 7 nitrogen and oxygen atoms in total. The lowest BCUT2D eigenvalue weighted by Crippen LogP contribution is -2.31. The Hall–Kier alpha value is -2.54. The highest BCUT2D eigenvalue weighted by atomic mass is 16.6. The Morgan fingerprint density at radius 2 is 2.16 bits per heavy atom. The van der Waals surface area contributed by atoms with Crippen molar-refractivity contribution in [2.24, 2.45) is 0 Å². The first kappa shape index (κ1) is 11.5. The number of nitro groups is 1. The molecule has 1 aliphatic rings. The number of benzene rings is 1. The second-order valence-corrected chi connectivity index (χ2v) is 4.28. The molecule has 0 fully saturated rings. The van der Waals surface area contributed by atoms with Crippen LogP contribution in [0, 0.1) is 10.1 Å². The molecule has 0 saturated heterocycles. The van der Waals surface area contributed by atoms with Gasteiger partial charge in [0.15, 0.2) is 6.04 Å². The maximum atomic E-state index is 10.6. The van der Waals surface area contributed by atoms with Gasteiger partial charge in [0.2, 0.25) is 0 Å². The fraction of sp³-hybridized carbons (Fsp3) is 0.167. The Bertz CT molecular complexity index is 629. The summed E-state index contributed by atoms with van der Waals surface area (Å²) in [5, 5.41) is 21.8. The van der Waals surface area contributed by atoms with Crippen LogP contribution in [-0.4, -0.2) is 15.1 Å². The zero-order valence-corrected chi connectivity index (χ0v) is 9.88. The van der Waals surface area contributed by atoms with E-state index < -0.39 is 4.92 Å². The van der Waals surface area contributed by atoms with E-state index in [1.165, 1.54) is 12.1 Å². The van der Waals surface area contributed by atoms with Gasteiger partial charge < -0.3 is 0 Å². The first-order chi connectivity index (χ1) is 9.16. The third kappa shape index (κ3) is 1.89. The minimum absolute atomic E-state index is 0.0366. The van der Waals surface area contributed by atoms with E-state index in [1.54, 1.807) is 24.4 Å². The normalized spacial score (nSPS) is 17.3. The van der Waals surface area contributed by atoms with Crippen molar-refractivity contribution >= 4 is 11.6 Å². The monoisotopic (exact) mass is 259 g/mol. The highest BCUT2D eigenvalue weighted by Crippen LogP contribution is 2.28. The molecule has 0 aliphatic carbocycles. The Balaban J connectivity index is 1.91. The van der Waals surface area contributed by atoms with E-state index in [2.05, 4.69) is 4.98 Å². The number of hydrogen-bond acceptors (Lipinski definition) is 5. The summed E-state index contributed by atoms with van der Waals surface area (Å²) in [4.78, 5) is 14.3. The van der Waals surface area contributed by atoms with Gasteiger partial charge in [-0.05, 0) is 17.7 Å². The third-order valence-corrected chi connectivity index (χ3v) is 3.16. The van der Waals surface area contributed by atoms with Crippen molar-refractivity contribution < 1.29 is 14.7 Å². The van der Waals surface area contributed by atoms with E-state index in [0.717, 1.165) is 10.6 Å². The first-order valence-corrected chi connectivity index (χ1v) is 5.74. The van der Waals surface area contributed by atoms with Crippen molar-refractivity contribution in [1.29, 1.82) is 0 Å². The summed E-state index contributed by atoms with van der Waals surface area (Å²) >= 11 is 0. The minimum atomic E-state index is -0.444. The van der Waals surface area contributed by atoms with Crippen molar-refractivity contribution in [2.75, 3.05) is 5.06 Å². The van der Waals surface area contributed by atoms with Gasteiger partial charge in [0, 0.05) is 18.2 Å². The number of fused-ring (bicyclic) bond motifs is 1. The van der Waals surface area contributed by atoms with Crippen LogP contribution < -0.4 is 9.63 Å². The zero-order chi connectivity index (χ0) is 13.4. The molecular weight excluding hydrogens is 248 g/mol. The summed E-state index contributed by atoms with van der Waals surface area (Å²) in [6, 6.07) is 7.68. The van der Waals surface area contributed by atoms with E-state index in [9.17, 15) is 15.3 Å². The van der Waals surface area contributed by atoms with Gasteiger partial charge in [-0.1, -0.05) is 4.98 Å². The fourth-order valence-corrected chi connectivity index (χ4v) is 2.19. The van der Waals surface area contributed by atoms with Crippen molar-refractivity contribution in [2.45, 2.75) is 12.6 Å². The quantitative estimate of drug-likeness (QED) is 0.498. The SMILES string of the molecule is O=[N+]([O-])c1ccc(C2C[n+]3cccnc3N2O)cc1. The largest absolute Gasteiger partial charge is 0.422 e. The van der Waals surface area contributed by atoms with Crippen LogP contribution in [0.2, 0.25) is 0 Å². The highest BCUT2D eigenvalue weighted by Gasteiger charge is 2.38. The van der Waals surface area contributed by atoms with Crippen LogP contribution in [0.15, 0.2) is 42.7 Å². The number of non-ortho nitro benzene ring substituents is 1. The molecule has 0 radical (unpaired) electrons. The van der Waals surface area contributed by atoms with Gasteiger partial charge in [0.25, 0.3) is 5.69 Å².